The van der Waals surface area contributed by atoms with Crippen LogP contribution in [0.4, 0.5) is 0 Å². The maximum atomic E-state index is 12.6. The van der Waals surface area contributed by atoms with Gasteiger partial charge in [-0.05, 0) is 98.7 Å². The molecule has 0 aromatic carbocycles. The number of aliphatic hydroxyl groups excluding tert-OH is 2. The Morgan fingerprint density at radius 1 is 1.00 bits per heavy atom. The van der Waals surface area contributed by atoms with Crippen molar-refractivity contribution in [1.29, 1.82) is 0 Å². The van der Waals surface area contributed by atoms with Crippen molar-refractivity contribution < 1.29 is 29.6 Å². The molecule has 38 heavy (non-hydrogen) atoms. The van der Waals surface area contributed by atoms with Crippen LogP contribution >= 0.6 is 0 Å². The van der Waals surface area contributed by atoms with E-state index >= 15 is 0 Å². The average molecular weight is 545 g/mol. The first kappa shape index (κ1) is 35.3. The predicted molar refractivity (Wildman–Crippen MR) is 153 cm³/mol. The van der Waals surface area contributed by atoms with Gasteiger partial charge in [0.1, 0.15) is 11.7 Å². The van der Waals surface area contributed by atoms with Gasteiger partial charge < -0.3 is 34.6 Å². The Morgan fingerprint density at radius 2 is 1.61 bits per heavy atom. The van der Waals surface area contributed by atoms with Crippen molar-refractivity contribution in [2.75, 3.05) is 27.7 Å². The number of rotatable bonds is 2. The molecule has 8 heteroatoms. The molecule has 3 N–H and O–H groups in total. The minimum atomic E-state index is -1.11. The molecule has 2 rings (SSSR count). The van der Waals surface area contributed by atoms with Gasteiger partial charge in [-0.1, -0.05) is 27.7 Å². The molecule has 11 atom stereocenters. The van der Waals surface area contributed by atoms with E-state index in [0.29, 0.717) is 30.7 Å². The lowest BCUT2D eigenvalue weighted by atomic mass is 9.83. The molecule has 2 aliphatic heterocycles. The molecule has 0 aliphatic carbocycles. The quantitative estimate of drug-likeness (QED) is 0.450. The summed E-state index contributed by atoms with van der Waals surface area (Å²) >= 11 is 0. The monoisotopic (exact) mass is 544 g/mol. The van der Waals surface area contributed by atoms with Gasteiger partial charge in [-0.15, -0.1) is 0 Å². The van der Waals surface area contributed by atoms with Gasteiger partial charge >= 0.3 is 5.97 Å². The summed E-state index contributed by atoms with van der Waals surface area (Å²) in [6.45, 7) is 17.0. The Bertz CT molecular complexity index is 680. The first-order chi connectivity index (χ1) is 17.5. The largest absolute Gasteiger partial charge is 0.459 e. The topological polar surface area (TPSA) is 103 Å². The van der Waals surface area contributed by atoms with E-state index in [2.05, 4.69) is 37.6 Å². The third kappa shape index (κ3) is 11.4. The first-order valence-corrected chi connectivity index (χ1v) is 14.8. The van der Waals surface area contributed by atoms with Crippen LogP contribution in [0.3, 0.4) is 0 Å². The van der Waals surface area contributed by atoms with Crippen molar-refractivity contribution >= 4 is 5.97 Å². The number of nitrogens with zero attached hydrogens (tertiary/aromatic N) is 2. The summed E-state index contributed by atoms with van der Waals surface area (Å²) in [5, 5.41) is 31.0. The van der Waals surface area contributed by atoms with Crippen molar-refractivity contribution in [3.05, 3.63) is 0 Å². The smallest absolute Gasteiger partial charge is 0.311 e. The summed E-state index contributed by atoms with van der Waals surface area (Å²) in [5.74, 6) is 0.0209. The number of carbonyl (C=O) groups is 1. The van der Waals surface area contributed by atoms with Crippen molar-refractivity contribution in [1.82, 2.24) is 9.80 Å². The molecule has 0 bridgehead atoms. The van der Waals surface area contributed by atoms with E-state index < -0.39 is 36.0 Å². The zero-order chi connectivity index (χ0) is 29.4. The Kier molecular flexibility index (Phi) is 14.7. The first-order valence-electron chi connectivity index (χ1n) is 14.8. The number of cyclic esters (lactones) is 1. The Hall–Kier alpha value is -0.770. The molecule has 0 aromatic heterocycles. The van der Waals surface area contributed by atoms with E-state index in [1.54, 1.807) is 13.8 Å². The summed E-state index contributed by atoms with van der Waals surface area (Å²) in [7, 11) is 6.17. The third-order valence-electron chi connectivity index (χ3n) is 8.63. The van der Waals surface area contributed by atoms with Gasteiger partial charge in [0.25, 0.3) is 0 Å². The molecule has 0 amide bonds. The molecule has 2 aliphatic rings. The van der Waals surface area contributed by atoms with Crippen LogP contribution in [0.25, 0.3) is 0 Å². The van der Waals surface area contributed by atoms with Crippen molar-refractivity contribution in [3.8, 4) is 0 Å². The number of hydrogen-bond acceptors (Lipinski definition) is 8. The van der Waals surface area contributed by atoms with Crippen molar-refractivity contribution in [3.63, 3.8) is 0 Å². The van der Waals surface area contributed by atoms with E-state index in [9.17, 15) is 20.1 Å². The van der Waals surface area contributed by atoms with Crippen LogP contribution in [0.15, 0.2) is 0 Å². The highest BCUT2D eigenvalue weighted by Crippen LogP contribution is 2.30. The zero-order valence-electron chi connectivity index (χ0n) is 26.2. The maximum Gasteiger partial charge on any atom is 0.311 e. The number of esters is 1. The molecule has 0 aromatic rings. The van der Waals surface area contributed by atoms with Crippen LogP contribution in [0.1, 0.15) is 93.9 Å². The second-order valence-electron chi connectivity index (χ2n) is 13.1. The molecule has 8 unspecified atom stereocenters. The minimum Gasteiger partial charge on any atom is -0.459 e. The van der Waals surface area contributed by atoms with Crippen LogP contribution in [0.2, 0.25) is 0 Å². The number of aliphatic hydroxyl groups is 3. The van der Waals surface area contributed by atoms with Gasteiger partial charge in [-0.2, -0.15) is 0 Å². The van der Waals surface area contributed by atoms with Crippen LogP contribution in [0.5, 0.6) is 0 Å². The average Bonchev–Trinajstić information content (AvgIpc) is 2.79. The van der Waals surface area contributed by atoms with E-state index in [1.165, 1.54) is 0 Å². The number of ether oxygens (including phenoxy) is 2. The minimum absolute atomic E-state index is 0.0251. The second-order valence-corrected chi connectivity index (χ2v) is 13.1. The molecular formula is C30H60N2O6. The maximum absolute atomic E-state index is 12.6. The highest BCUT2D eigenvalue weighted by atomic mass is 16.6. The van der Waals surface area contributed by atoms with Gasteiger partial charge in [0.05, 0.1) is 18.1 Å². The summed E-state index contributed by atoms with van der Waals surface area (Å²) < 4.78 is 10.9. The summed E-state index contributed by atoms with van der Waals surface area (Å²) in [4.78, 5) is 17.1. The molecule has 2 heterocycles. The molecule has 0 spiro atoms. The molecule has 0 saturated carbocycles. The van der Waals surface area contributed by atoms with Crippen LogP contribution in [-0.4, -0.2) is 101 Å². The Morgan fingerprint density at radius 3 is 2.13 bits per heavy atom. The fourth-order valence-corrected chi connectivity index (χ4v) is 6.23. The zero-order valence-corrected chi connectivity index (χ0v) is 26.2. The fourth-order valence-electron chi connectivity index (χ4n) is 6.23. The van der Waals surface area contributed by atoms with Crippen LogP contribution < -0.4 is 0 Å². The van der Waals surface area contributed by atoms with Gasteiger partial charge in [0, 0.05) is 25.0 Å². The van der Waals surface area contributed by atoms with Crippen LogP contribution in [0, 0.1) is 23.7 Å². The summed E-state index contributed by atoms with van der Waals surface area (Å²) in [5.41, 5.74) is -1.11. The molecule has 2 fully saturated rings. The number of carbonyl (C=O) groups excluding carboxylic acids is 1. The Balaban J connectivity index is 0.000000544. The normalized spacial score (nSPS) is 42.9. The van der Waals surface area contributed by atoms with Crippen molar-refractivity contribution in [2.24, 2.45) is 23.7 Å². The van der Waals surface area contributed by atoms with E-state index in [-0.39, 0.29) is 18.1 Å². The van der Waals surface area contributed by atoms with Gasteiger partial charge in [0.2, 0.25) is 0 Å². The molecule has 0 radical (unpaired) electrons. The van der Waals surface area contributed by atoms with E-state index in [0.717, 1.165) is 32.2 Å². The van der Waals surface area contributed by atoms with Gasteiger partial charge in [0.15, 0.2) is 6.29 Å². The molecule has 226 valence electrons. The third-order valence-corrected chi connectivity index (χ3v) is 8.63. The van der Waals surface area contributed by atoms with E-state index in [4.69, 9.17) is 9.47 Å². The summed E-state index contributed by atoms with van der Waals surface area (Å²) in [6, 6.07) is 0.645. The standard InChI is InChI=1S/C22H43NO4.C8H17NO2/c1-9-19-22(7,26)12-17(5)23(8)13-15(3)10-14(2)11-16(4)20(24)18(6)21(25)27-19;1-6-4-7(9(2)3)5-8(10)11-6/h14-20,24,26H,9-13H2,1-8H3;6-8,10H,4-5H2,1-3H3/t14?,15-,16?,17-,18?,19?,20?,22+;/m1./s1. The molecule has 2 saturated heterocycles. The number of hydrogen-bond donors (Lipinski definition) is 3. The SMILES string of the molecule is CC1CC(N(C)C)CC(O)O1.CCC1OC(=O)C(C)C(O)C(C)CC(C)C[C@@H](C)CN(C)[C@H](C)C[C@]1(C)O. The van der Waals surface area contributed by atoms with E-state index in [1.807, 2.05) is 34.9 Å². The molecule has 8 nitrogen and oxygen atoms in total. The fraction of sp³-hybridized carbons (Fsp3) is 0.967. The Labute approximate surface area is 233 Å². The lowest BCUT2D eigenvalue weighted by molar-refractivity contribution is -0.175. The second kappa shape index (κ2) is 15.9. The van der Waals surface area contributed by atoms with Crippen LogP contribution in [-0.2, 0) is 14.3 Å². The van der Waals surface area contributed by atoms with Gasteiger partial charge in [-0.25, -0.2) is 0 Å². The molecular weight excluding hydrogens is 484 g/mol. The summed E-state index contributed by atoms with van der Waals surface area (Å²) in [6.07, 6.45) is 3.11. The van der Waals surface area contributed by atoms with Crippen molar-refractivity contribution in [2.45, 2.75) is 136 Å². The highest BCUT2D eigenvalue weighted by Gasteiger charge is 2.39. The highest BCUT2D eigenvalue weighted by molar-refractivity contribution is 5.73. The lowest BCUT2D eigenvalue weighted by Gasteiger charge is -2.37. The lowest BCUT2D eigenvalue weighted by Crippen LogP contribution is -2.48. The predicted octanol–water partition coefficient (Wildman–Crippen LogP) is 3.90. The van der Waals surface area contributed by atoms with Gasteiger partial charge in [-0.3, -0.25) is 4.79 Å².